The number of rotatable bonds is 10. The normalized spacial score (nSPS) is 11.5. The summed E-state index contributed by atoms with van der Waals surface area (Å²) in [5, 5.41) is 15.8. The zero-order chi connectivity index (χ0) is 15.7. The molecular formula is C16H30N4O. The first-order valence-electron chi connectivity index (χ1n) is 7.97. The van der Waals surface area contributed by atoms with E-state index < -0.39 is 0 Å². The van der Waals surface area contributed by atoms with Gasteiger partial charge in [0.1, 0.15) is 17.5 Å². The van der Waals surface area contributed by atoms with Crippen LogP contribution >= 0.6 is 0 Å². The van der Waals surface area contributed by atoms with Crippen LogP contribution in [0.3, 0.4) is 0 Å². The van der Waals surface area contributed by atoms with E-state index in [1.165, 1.54) is 0 Å². The van der Waals surface area contributed by atoms with Crippen LogP contribution in [0.5, 0.6) is 0 Å². The zero-order valence-corrected chi connectivity index (χ0v) is 13.9. The van der Waals surface area contributed by atoms with Crippen LogP contribution in [0, 0.1) is 5.41 Å². The molecule has 120 valence electrons. The van der Waals surface area contributed by atoms with Crippen LogP contribution in [0.1, 0.15) is 52.8 Å². The topological polar surface area (TPSA) is 70.1 Å². The SMILES string of the molecule is CCCNc1cc(NCC(C)(C)CCO)nc(CCC)n1. The fraction of sp³-hybridized carbons (Fsp3) is 0.750. The Kier molecular flexibility index (Phi) is 7.43. The summed E-state index contributed by atoms with van der Waals surface area (Å²) in [4.78, 5) is 9.11. The largest absolute Gasteiger partial charge is 0.396 e. The average Bonchev–Trinajstić information content (AvgIpc) is 2.43. The minimum atomic E-state index is 0.0433. The van der Waals surface area contributed by atoms with Crippen LogP contribution in [0.2, 0.25) is 0 Å². The molecule has 5 heteroatoms. The molecule has 0 bridgehead atoms. The Morgan fingerprint density at radius 2 is 1.76 bits per heavy atom. The summed E-state index contributed by atoms with van der Waals surface area (Å²) in [5.74, 6) is 2.62. The maximum absolute atomic E-state index is 9.09. The Bertz CT molecular complexity index is 421. The van der Waals surface area contributed by atoms with E-state index in [0.717, 1.165) is 56.2 Å². The summed E-state index contributed by atoms with van der Waals surface area (Å²) in [6.07, 6.45) is 3.76. The van der Waals surface area contributed by atoms with Crippen LogP contribution < -0.4 is 10.6 Å². The van der Waals surface area contributed by atoms with Crippen LogP contribution in [0.25, 0.3) is 0 Å². The first kappa shape index (κ1) is 17.7. The van der Waals surface area contributed by atoms with Gasteiger partial charge in [0.05, 0.1) is 0 Å². The second-order valence-electron chi connectivity index (χ2n) is 6.22. The third kappa shape index (κ3) is 6.76. The Morgan fingerprint density at radius 3 is 2.33 bits per heavy atom. The van der Waals surface area contributed by atoms with Crippen molar-refractivity contribution in [3.63, 3.8) is 0 Å². The first-order valence-corrected chi connectivity index (χ1v) is 7.97. The molecule has 0 aliphatic rings. The molecule has 1 aromatic heterocycles. The van der Waals surface area contributed by atoms with Crippen molar-refractivity contribution in [3.8, 4) is 0 Å². The molecule has 0 saturated carbocycles. The van der Waals surface area contributed by atoms with E-state index >= 15 is 0 Å². The van der Waals surface area contributed by atoms with Crippen molar-refractivity contribution in [2.75, 3.05) is 30.3 Å². The highest BCUT2D eigenvalue weighted by Gasteiger charge is 2.17. The molecule has 0 aliphatic carbocycles. The van der Waals surface area contributed by atoms with E-state index in [1.54, 1.807) is 0 Å². The van der Waals surface area contributed by atoms with Crippen molar-refractivity contribution in [1.82, 2.24) is 9.97 Å². The second kappa shape index (κ2) is 8.82. The van der Waals surface area contributed by atoms with Gasteiger partial charge < -0.3 is 15.7 Å². The predicted octanol–water partition coefficient (Wildman–Crippen LogP) is 3.07. The predicted molar refractivity (Wildman–Crippen MR) is 88.8 cm³/mol. The van der Waals surface area contributed by atoms with Gasteiger partial charge >= 0.3 is 0 Å². The molecule has 0 spiro atoms. The van der Waals surface area contributed by atoms with E-state index in [-0.39, 0.29) is 12.0 Å². The Labute approximate surface area is 128 Å². The molecule has 5 nitrogen and oxygen atoms in total. The zero-order valence-electron chi connectivity index (χ0n) is 13.9. The molecule has 0 aromatic carbocycles. The number of aliphatic hydroxyl groups is 1. The summed E-state index contributed by atoms with van der Waals surface area (Å²) in [5.41, 5.74) is 0.0433. The first-order chi connectivity index (χ1) is 10.0. The van der Waals surface area contributed by atoms with Crippen molar-refractivity contribution >= 4 is 11.6 Å². The molecule has 0 atom stereocenters. The van der Waals surface area contributed by atoms with Crippen molar-refractivity contribution in [2.45, 2.75) is 53.4 Å². The Morgan fingerprint density at radius 1 is 1.10 bits per heavy atom. The van der Waals surface area contributed by atoms with Gasteiger partial charge in [-0.15, -0.1) is 0 Å². The van der Waals surface area contributed by atoms with Crippen LogP contribution in [0.15, 0.2) is 6.07 Å². The van der Waals surface area contributed by atoms with E-state index in [2.05, 4.69) is 48.3 Å². The van der Waals surface area contributed by atoms with Gasteiger partial charge in [0.2, 0.25) is 0 Å². The molecule has 0 saturated heterocycles. The fourth-order valence-corrected chi connectivity index (χ4v) is 1.99. The molecular weight excluding hydrogens is 264 g/mol. The summed E-state index contributed by atoms with van der Waals surface area (Å²) in [7, 11) is 0. The lowest BCUT2D eigenvalue weighted by molar-refractivity contribution is 0.220. The van der Waals surface area contributed by atoms with Gasteiger partial charge in [0.15, 0.2) is 0 Å². The van der Waals surface area contributed by atoms with Gasteiger partial charge in [-0.05, 0) is 24.7 Å². The number of aryl methyl sites for hydroxylation is 1. The van der Waals surface area contributed by atoms with Gasteiger partial charge in [0.25, 0.3) is 0 Å². The summed E-state index contributed by atoms with van der Waals surface area (Å²) in [6.45, 7) is 10.5. The fourth-order valence-electron chi connectivity index (χ4n) is 1.99. The molecule has 0 radical (unpaired) electrons. The number of nitrogens with zero attached hydrogens (tertiary/aromatic N) is 2. The maximum Gasteiger partial charge on any atom is 0.133 e. The number of aromatic nitrogens is 2. The van der Waals surface area contributed by atoms with Gasteiger partial charge in [-0.25, -0.2) is 9.97 Å². The minimum absolute atomic E-state index is 0.0433. The third-order valence-electron chi connectivity index (χ3n) is 3.34. The number of aliphatic hydroxyl groups excluding tert-OH is 1. The smallest absolute Gasteiger partial charge is 0.133 e. The van der Waals surface area contributed by atoms with Crippen molar-refractivity contribution in [2.24, 2.45) is 5.41 Å². The lowest BCUT2D eigenvalue weighted by Crippen LogP contribution is -2.25. The molecule has 21 heavy (non-hydrogen) atoms. The van der Waals surface area contributed by atoms with E-state index in [9.17, 15) is 0 Å². The van der Waals surface area contributed by atoms with Crippen molar-refractivity contribution in [3.05, 3.63) is 11.9 Å². The summed E-state index contributed by atoms with van der Waals surface area (Å²) in [6, 6.07) is 1.96. The third-order valence-corrected chi connectivity index (χ3v) is 3.34. The average molecular weight is 294 g/mol. The molecule has 0 unspecified atom stereocenters. The van der Waals surface area contributed by atoms with Crippen molar-refractivity contribution < 1.29 is 5.11 Å². The van der Waals surface area contributed by atoms with E-state index in [4.69, 9.17) is 5.11 Å². The lowest BCUT2D eigenvalue weighted by atomic mass is 9.90. The highest BCUT2D eigenvalue weighted by molar-refractivity contribution is 5.47. The van der Waals surface area contributed by atoms with Gasteiger partial charge in [0, 0.05) is 32.2 Å². The van der Waals surface area contributed by atoms with Crippen LogP contribution in [-0.2, 0) is 6.42 Å². The minimum Gasteiger partial charge on any atom is -0.396 e. The quantitative estimate of drug-likeness (QED) is 0.618. The Hall–Kier alpha value is -1.36. The highest BCUT2D eigenvalue weighted by atomic mass is 16.3. The lowest BCUT2D eigenvalue weighted by Gasteiger charge is -2.24. The van der Waals surface area contributed by atoms with E-state index in [0.29, 0.717) is 0 Å². The highest BCUT2D eigenvalue weighted by Crippen LogP contribution is 2.21. The number of hydrogen-bond donors (Lipinski definition) is 3. The molecule has 1 heterocycles. The molecule has 0 aliphatic heterocycles. The monoisotopic (exact) mass is 294 g/mol. The maximum atomic E-state index is 9.09. The summed E-state index contributed by atoms with van der Waals surface area (Å²) < 4.78 is 0. The molecule has 1 aromatic rings. The van der Waals surface area contributed by atoms with Crippen molar-refractivity contribution in [1.29, 1.82) is 0 Å². The molecule has 1 rings (SSSR count). The summed E-state index contributed by atoms with van der Waals surface area (Å²) >= 11 is 0. The Balaban J connectivity index is 2.77. The molecule has 3 N–H and O–H groups in total. The van der Waals surface area contributed by atoms with Gasteiger partial charge in [-0.3, -0.25) is 0 Å². The number of hydrogen-bond acceptors (Lipinski definition) is 5. The second-order valence-corrected chi connectivity index (χ2v) is 6.22. The number of nitrogens with one attached hydrogen (secondary N) is 2. The molecule has 0 fully saturated rings. The van der Waals surface area contributed by atoms with E-state index in [1.807, 2.05) is 6.07 Å². The molecule has 0 amide bonds. The van der Waals surface area contributed by atoms with Gasteiger partial charge in [-0.1, -0.05) is 27.7 Å². The van der Waals surface area contributed by atoms with Crippen LogP contribution in [0.4, 0.5) is 11.6 Å². The van der Waals surface area contributed by atoms with Gasteiger partial charge in [-0.2, -0.15) is 0 Å². The van der Waals surface area contributed by atoms with Crippen LogP contribution in [-0.4, -0.2) is 34.8 Å². The number of anilines is 2. The standard InChI is InChI=1S/C16H30N4O/c1-5-7-13-19-14(17-9-6-2)11-15(20-13)18-12-16(3,4)8-10-21/h11,21H,5-10,12H2,1-4H3,(H2,17,18,19,20).